The van der Waals surface area contributed by atoms with E-state index in [1.807, 2.05) is 50.3 Å². The van der Waals surface area contributed by atoms with Crippen LogP contribution in [0.1, 0.15) is 31.0 Å². The molecule has 7 heteroatoms. The van der Waals surface area contributed by atoms with E-state index in [1.54, 1.807) is 24.1 Å². The van der Waals surface area contributed by atoms with Crippen molar-refractivity contribution in [1.29, 1.82) is 0 Å². The molecule has 0 spiro atoms. The molecule has 3 rings (SSSR count). The Morgan fingerprint density at radius 1 is 1.16 bits per heavy atom. The summed E-state index contributed by atoms with van der Waals surface area (Å²) in [6.07, 6.45) is 3.81. The monoisotopic (exact) mass is 439 g/mol. The standard InChI is InChI=1S/C25H30FN3O3/c1-17(2)24(27)25(31)28-14-4-5-22(19-8-12-21(32-3)13-9-19)29(23(30)16-28)15-18-6-10-20(26)11-7-18/h4-13,17,22,24H,14-16,27H2,1-3H3/b5-4-. The highest BCUT2D eigenvalue weighted by Gasteiger charge is 2.31. The zero-order valence-electron chi connectivity index (χ0n) is 18.7. The van der Waals surface area contributed by atoms with Gasteiger partial charge in [0, 0.05) is 13.1 Å². The molecule has 2 unspecified atom stereocenters. The van der Waals surface area contributed by atoms with Gasteiger partial charge in [0.1, 0.15) is 18.1 Å². The van der Waals surface area contributed by atoms with Crippen molar-refractivity contribution in [3.05, 3.63) is 77.6 Å². The molecule has 2 N–H and O–H groups in total. The molecule has 0 saturated heterocycles. The van der Waals surface area contributed by atoms with Crippen LogP contribution in [0.2, 0.25) is 0 Å². The smallest absolute Gasteiger partial charge is 0.243 e. The summed E-state index contributed by atoms with van der Waals surface area (Å²) < 4.78 is 18.6. The fraction of sp³-hybridized carbons (Fsp3) is 0.360. The third-order valence-electron chi connectivity index (χ3n) is 5.66. The molecule has 2 atom stereocenters. The average molecular weight is 440 g/mol. The molecule has 1 aliphatic rings. The van der Waals surface area contributed by atoms with Gasteiger partial charge in [-0.25, -0.2) is 4.39 Å². The summed E-state index contributed by atoms with van der Waals surface area (Å²) in [6.45, 7) is 4.27. The molecule has 0 aromatic heterocycles. The maximum Gasteiger partial charge on any atom is 0.243 e. The number of hydrogen-bond acceptors (Lipinski definition) is 4. The van der Waals surface area contributed by atoms with Crippen LogP contribution in [0.25, 0.3) is 0 Å². The third kappa shape index (κ3) is 5.53. The molecule has 0 aliphatic carbocycles. The van der Waals surface area contributed by atoms with Gasteiger partial charge in [-0.15, -0.1) is 0 Å². The van der Waals surface area contributed by atoms with Crippen molar-refractivity contribution in [3.63, 3.8) is 0 Å². The van der Waals surface area contributed by atoms with Gasteiger partial charge in [0.2, 0.25) is 11.8 Å². The lowest BCUT2D eigenvalue weighted by atomic mass is 10.0. The summed E-state index contributed by atoms with van der Waals surface area (Å²) >= 11 is 0. The minimum absolute atomic E-state index is 0.0330. The van der Waals surface area contributed by atoms with Crippen molar-refractivity contribution in [2.45, 2.75) is 32.5 Å². The number of nitrogens with zero attached hydrogens (tertiary/aromatic N) is 2. The van der Waals surface area contributed by atoms with Gasteiger partial charge in [-0.1, -0.05) is 50.3 Å². The van der Waals surface area contributed by atoms with E-state index >= 15 is 0 Å². The molecule has 0 saturated carbocycles. The topological polar surface area (TPSA) is 75.9 Å². The number of halogens is 1. The van der Waals surface area contributed by atoms with E-state index < -0.39 is 6.04 Å². The molecule has 0 radical (unpaired) electrons. The molecule has 0 fully saturated rings. The molecule has 6 nitrogen and oxygen atoms in total. The molecular formula is C25H30FN3O3. The summed E-state index contributed by atoms with van der Waals surface area (Å²) in [6, 6.07) is 12.6. The average Bonchev–Trinajstić information content (AvgIpc) is 2.79. The Kier molecular flexibility index (Phi) is 7.64. The Labute approximate surface area is 188 Å². The summed E-state index contributed by atoms with van der Waals surface area (Å²) in [5, 5.41) is 0. The Hall–Kier alpha value is -3.19. The molecule has 1 aliphatic heterocycles. The number of methoxy groups -OCH3 is 1. The molecule has 170 valence electrons. The predicted octanol–water partition coefficient (Wildman–Crippen LogP) is 3.29. The van der Waals surface area contributed by atoms with E-state index in [0.717, 1.165) is 16.9 Å². The van der Waals surface area contributed by atoms with Gasteiger partial charge in [-0.05, 0) is 41.3 Å². The highest BCUT2D eigenvalue weighted by atomic mass is 19.1. The Bertz CT molecular complexity index is 957. The van der Waals surface area contributed by atoms with E-state index in [9.17, 15) is 14.0 Å². The lowest BCUT2D eigenvalue weighted by molar-refractivity contribution is -0.143. The van der Waals surface area contributed by atoms with Gasteiger partial charge < -0.3 is 20.3 Å². The van der Waals surface area contributed by atoms with Crippen molar-refractivity contribution in [2.24, 2.45) is 11.7 Å². The molecule has 2 aromatic rings. The SMILES string of the molecule is COc1ccc(C2/C=C\CN(C(=O)C(N)C(C)C)CC(=O)N2Cc2ccc(F)cc2)cc1. The number of hydrogen-bond donors (Lipinski definition) is 1. The first-order valence-electron chi connectivity index (χ1n) is 10.7. The molecular weight excluding hydrogens is 409 g/mol. The van der Waals surface area contributed by atoms with Crippen LogP contribution in [0, 0.1) is 11.7 Å². The summed E-state index contributed by atoms with van der Waals surface area (Å²) in [4.78, 5) is 29.4. The van der Waals surface area contributed by atoms with Crippen LogP contribution in [0.15, 0.2) is 60.7 Å². The highest BCUT2D eigenvalue weighted by Crippen LogP contribution is 2.28. The minimum Gasteiger partial charge on any atom is -0.497 e. The summed E-state index contributed by atoms with van der Waals surface area (Å²) in [5.74, 6) is -0.0981. The molecule has 0 bridgehead atoms. The zero-order valence-corrected chi connectivity index (χ0v) is 18.7. The Morgan fingerprint density at radius 2 is 1.81 bits per heavy atom. The third-order valence-corrected chi connectivity index (χ3v) is 5.66. The Morgan fingerprint density at radius 3 is 2.41 bits per heavy atom. The molecule has 1 heterocycles. The van der Waals surface area contributed by atoms with Crippen molar-refractivity contribution >= 4 is 11.8 Å². The summed E-state index contributed by atoms with van der Waals surface area (Å²) in [5.41, 5.74) is 7.77. The van der Waals surface area contributed by atoms with E-state index in [1.165, 1.54) is 17.0 Å². The van der Waals surface area contributed by atoms with E-state index in [4.69, 9.17) is 10.5 Å². The van der Waals surface area contributed by atoms with Crippen molar-refractivity contribution in [1.82, 2.24) is 9.80 Å². The van der Waals surface area contributed by atoms with Crippen LogP contribution in [-0.2, 0) is 16.1 Å². The van der Waals surface area contributed by atoms with Crippen LogP contribution in [0.5, 0.6) is 5.75 Å². The predicted molar refractivity (Wildman–Crippen MR) is 121 cm³/mol. The maximum absolute atomic E-state index is 13.4. The summed E-state index contributed by atoms with van der Waals surface area (Å²) in [7, 11) is 1.60. The van der Waals surface area contributed by atoms with Crippen LogP contribution < -0.4 is 10.5 Å². The quantitative estimate of drug-likeness (QED) is 0.701. The molecule has 2 aromatic carbocycles. The van der Waals surface area contributed by atoms with Gasteiger partial charge in [0.05, 0.1) is 19.2 Å². The van der Waals surface area contributed by atoms with Gasteiger partial charge in [0.25, 0.3) is 0 Å². The zero-order chi connectivity index (χ0) is 23.3. The second-order valence-electron chi connectivity index (χ2n) is 8.28. The van der Waals surface area contributed by atoms with Gasteiger partial charge in [-0.2, -0.15) is 0 Å². The van der Waals surface area contributed by atoms with Crippen LogP contribution in [0.3, 0.4) is 0 Å². The van der Waals surface area contributed by atoms with Crippen molar-refractivity contribution in [2.75, 3.05) is 20.2 Å². The number of ether oxygens (including phenoxy) is 1. The lowest BCUT2D eigenvalue weighted by Crippen LogP contribution is -2.51. The Balaban J connectivity index is 1.94. The number of rotatable bonds is 6. The first-order chi connectivity index (χ1) is 15.3. The fourth-order valence-electron chi connectivity index (χ4n) is 3.62. The van der Waals surface area contributed by atoms with Gasteiger partial charge in [0.15, 0.2) is 0 Å². The highest BCUT2D eigenvalue weighted by molar-refractivity contribution is 5.88. The normalized spacial score (nSPS) is 18.8. The second kappa shape index (κ2) is 10.4. The maximum atomic E-state index is 13.4. The first kappa shape index (κ1) is 23.5. The number of benzene rings is 2. The van der Waals surface area contributed by atoms with Crippen LogP contribution in [0.4, 0.5) is 4.39 Å². The number of amides is 2. The van der Waals surface area contributed by atoms with E-state index in [-0.39, 0.29) is 42.7 Å². The molecule has 32 heavy (non-hydrogen) atoms. The number of nitrogens with two attached hydrogens (primary N) is 1. The van der Waals surface area contributed by atoms with E-state index in [2.05, 4.69) is 0 Å². The van der Waals surface area contributed by atoms with Crippen molar-refractivity contribution < 1.29 is 18.7 Å². The largest absolute Gasteiger partial charge is 0.497 e. The first-order valence-corrected chi connectivity index (χ1v) is 10.7. The van der Waals surface area contributed by atoms with E-state index in [0.29, 0.717) is 6.54 Å². The van der Waals surface area contributed by atoms with Gasteiger partial charge in [-0.3, -0.25) is 9.59 Å². The second-order valence-corrected chi connectivity index (χ2v) is 8.28. The number of carbonyl (C=O) groups excluding carboxylic acids is 2. The van der Waals surface area contributed by atoms with Crippen LogP contribution in [-0.4, -0.2) is 47.9 Å². The van der Waals surface area contributed by atoms with Crippen LogP contribution >= 0.6 is 0 Å². The fourth-order valence-corrected chi connectivity index (χ4v) is 3.62. The van der Waals surface area contributed by atoms with Gasteiger partial charge >= 0.3 is 0 Å². The lowest BCUT2D eigenvalue weighted by Gasteiger charge is -2.35. The van der Waals surface area contributed by atoms with Crippen molar-refractivity contribution in [3.8, 4) is 5.75 Å². The minimum atomic E-state index is -0.668. The molecule has 2 amide bonds. The number of carbonyl (C=O) groups is 2.